The van der Waals surface area contributed by atoms with Crippen molar-refractivity contribution >= 4 is 0 Å². The van der Waals surface area contributed by atoms with Crippen molar-refractivity contribution < 1.29 is 13.5 Å². The Morgan fingerprint density at radius 2 is 2.06 bits per heavy atom. The molecule has 5 heteroatoms. The summed E-state index contributed by atoms with van der Waals surface area (Å²) in [5, 5.41) is 0. The predicted octanol–water partition coefficient (Wildman–Crippen LogP) is 2.23. The monoisotopic (exact) mass is 237 g/mol. The topological polar surface area (TPSA) is 42.1 Å². The second-order valence-corrected chi connectivity index (χ2v) is 3.39. The zero-order chi connectivity index (χ0) is 12.3. The summed E-state index contributed by atoms with van der Waals surface area (Å²) in [6.07, 6.45) is 1.47. The molecule has 0 spiro atoms. The van der Waals surface area contributed by atoms with Gasteiger partial charge in [0.05, 0.1) is 0 Å². The first-order valence-electron chi connectivity index (χ1n) is 4.91. The van der Waals surface area contributed by atoms with E-state index in [9.17, 15) is 13.6 Å². The lowest BCUT2D eigenvalue weighted by Gasteiger charge is -2.05. The summed E-state index contributed by atoms with van der Waals surface area (Å²) in [4.78, 5) is 13.7. The second kappa shape index (κ2) is 4.78. The van der Waals surface area contributed by atoms with Gasteiger partial charge in [-0.15, -0.1) is 0 Å². The highest BCUT2D eigenvalue weighted by atomic mass is 19.1. The summed E-state index contributed by atoms with van der Waals surface area (Å²) in [5.41, 5.74) is -0.204. The van der Waals surface area contributed by atoms with Gasteiger partial charge in [-0.3, -0.25) is 4.79 Å². The van der Waals surface area contributed by atoms with Gasteiger partial charge < -0.3 is 9.72 Å². The summed E-state index contributed by atoms with van der Waals surface area (Å²) in [6.45, 7) is -0.126. The average molecular weight is 237 g/mol. The molecule has 3 nitrogen and oxygen atoms in total. The van der Waals surface area contributed by atoms with Crippen molar-refractivity contribution in [2.24, 2.45) is 0 Å². The van der Waals surface area contributed by atoms with Gasteiger partial charge in [0.1, 0.15) is 18.2 Å². The van der Waals surface area contributed by atoms with Crippen LogP contribution in [0.4, 0.5) is 8.78 Å². The van der Waals surface area contributed by atoms with Gasteiger partial charge in [-0.25, -0.2) is 8.78 Å². The van der Waals surface area contributed by atoms with Crippen molar-refractivity contribution in [2.45, 2.75) is 6.61 Å². The van der Waals surface area contributed by atoms with Crippen LogP contribution in [0.5, 0.6) is 5.75 Å². The summed E-state index contributed by atoms with van der Waals surface area (Å²) in [7, 11) is 0. The Labute approximate surface area is 95.7 Å². The zero-order valence-corrected chi connectivity index (χ0v) is 8.74. The largest absolute Gasteiger partial charge is 0.483 e. The minimum atomic E-state index is -0.697. The lowest BCUT2D eigenvalue weighted by Crippen LogP contribution is -2.10. The lowest BCUT2D eigenvalue weighted by molar-refractivity contribution is 0.295. The second-order valence-electron chi connectivity index (χ2n) is 3.39. The third-order valence-electron chi connectivity index (χ3n) is 2.18. The van der Waals surface area contributed by atoms with E-state index in [1.807, 2.05) is 0 Å². The van der Waals surface area contributed by atoms with E-state index in [0.717, 1.165) is 12.1 Å². The molecule has 1 heterocycles. The number of hydrogen-bond donors (Lipinski definition) is 1. The molecule has 88 valence electrons. The van der Waals surface area contributed by atoms with Crippen LogP contribution in [0.25, 0.3) is 0 Å². The number of H-pyrrole nitrogens is 1. The Bertz CT molecular complexity index is 581. The quantitative estimate of drug-likeness (QED) is 0.889. The molecule has 0 saturated heterocycles. The van der Waals surface area contributed by atoms with Crippen LogP contribution in [0.15, 0.2) is 41.3 Å². The first-order valence-corrected chi connectivity index (χ1v) is 4.91. The average Bonchev–Trinajstić information content (AvgIpc) is 2.30. The summed E-state index contributed by atoms with van der Waals surface area (Å²) in [5.74, 6) is -1.25. The van der Waals surface area contributed by atoms with Crippen molar-refractivity contribution in [3.63, 3.8) is 0 Å². The van der Waals surface area contributed by atoms with Crippen molar-refractivity contribution in [2.75, 3.05) is 0 Å². The number of pyridine rings is 1. The molecular formula is C12H9F2NO2. The molecule has 0 aliphatic heterocycles. The smallest absolute Gasteiger partial charge is 0.290 e. The highest BCUT2D eigenvalue weighted by Crippen LogP contribution is 2.12. The third-order valence-corrected chi connectivity index (χ3v) is 2.18. The fraction of sp³-hybridized carbons (Fsp3) is 0.0833. The first-order chi connectivity index (χ1) is 8.16. The molecule has 2 rings (SSSR count). The van der Waals surface area contributed by atoms with Crippen LogP contribution in [-0.4, -0.2) is 4.98 Å². The van der Waals surface area contributed by atoms with E-state index >= 15 is 0 Å². The standard InChI is InChI=1S/C12H9F2NO2/c13-9-4-3-8(10(14)6-9)7-17-11-2-1-5-15-12(11)16/h1-6H,7H2,(H,15,16). The van der Waals surface area contributed by atoms with Gasteiger partial charge >= 0.3 is 0 Å². The van der Waals surface area contributed by atoms with E-state index in [1.165, 1.54) is 18.3 Å². The van der Waals surface area contributed by atoms with Gasteiger partial charge in [-0.1, -0.05) is 0 Å². The number of nitrogens with one attached hydrogen (secondary N) is 1. The fourth-order valence-electron chi connectivity index (χ4n) is 1.31. The molecule has 0 atom stereocenters. The Morgan fingerprint density at radius 3 is 2.76 bits per heavy atom. The number of hydrogen-bond acceptors (Lipinski definition) is 2. The molecule has 17 heavy (non-hydrogen) atoms. The SMILES string of the molecule is O=c1[nH]cccc1OCc1ccc(F)cc1F. The molecule has 0 unspecified atom stereocenters. The molecule has 0 amide bonds. The summed E-state index contributed by atoms with van der Waals surface area (Å²) >= 11 is 0. The van der Waals surface area contributed by atoms with E-state index in [-0.39, 0.29) is 17.9 Å². The molecule has 0 aliphatic carbocycles. The number of rotatable bonds is 3. The van der Waals surface area contributed by atoms with Crippen LogP contribution in [0.2, 0.25) is 0 Å². The van der Waals surface area contributed by atoms with E-state index in [0.29, 0.717) is 0 Å². The van der Waals surface area contributed by atoms with Gasteiger partial charge in [-0.2, -0.15) is 0 Å². The van der Waals surface area contributed by atoms with Crippen LogP contribution in [-0.2, 0) is 6.61 Å². The number of ether oxygens (including phenoxy) is 1. The Balaban J connectivity index is 2.13. The van der Waals surface area contributed by atoms with E-state index < -0.39 is 17.2 Å². The number of halogens is 2. The maximum Gasteiger partial charge on any atom is 0.290 e. The fourth-order valence-corrected chi connectivity index (χ4v) is 1.31. The lowest BCUT2D eigenvalue weighted by atomic mass is 10.2. The first kappa shape index (κ1) is 11.3. The molecule has 1 aromatic heterocycles. The van der Waals surface area contributed by atoms with E-state index in [2.05, 4.69) is 4.98 Å². The maximum atomic E-state index is 13.2. The maximum absolute atomic E-state index is 13.2. The molecule has 1 aromatic carbocycles. The minimum absolute atomic E-state index is 0.0937. The number of benzene rings is 1. The molecule has 0 aliphatic rings. The van der Waals surface area contributed by atoms with Gasteiger partial charge in [0.2, 0.25) is 0 Å². The van der Waals surface area contributed by atoms with Gasteiger partial charge in [0.15, 0.2) is 5.75 Å². The Hall–Kier alpha value is -2.17. The molecule has 1 N–H and O–H groups in total. The van der Waals surface area contributed by atoms with Gasteiger partial charge in [-0.05, 0) is 24.3 Å². The van der Waals surface area contributed by atoms with Gasteiger partial charge in [0, 0.05) is 17.8 Å². The summed E-state index contributed by atoms with van der Waals surface area (Å²) < 4.78 is 31.0. The highest BCUT2D eigenvalue weighted by Gasteiger charge is 2.05. The molecule has 0 saturated carbocycles. The number of aromatic nitrogens is 1. The highest BCUT2D eigenvalue weighted by molar-refractivity contribution is 5.20. The predicted molar refractivity (Wildman–Crippen MR) is 57.8 cm³/mol. The molecule has 0 bridgehead atoms. The van der Waals surface area contributed by atoms with Crippen LogP contribution in [0.1, 0.15) is 5.56 Å². The molecular weight excluding hydrogens is 228 g/mol. The molecule has 2 aromatic rings. The van der Waals surface area contributed by atoms with E-state index in [1.54, 1.807) is 6.07 Å². The third kappa shape index (κ3) is 2.69. The van der Waals surface area contributed by atoms with Crippen LogP contribution < -0.4 is 10.3 Å². The van der Waals surface area contributed by atoms with Crippen LogP contribution >= 0.6 is 0 Å². The van der Waals surface area contributed by atoms with Crippen LogP contribution in [0.3, 0.4) is 0 Å². The van der Waals surface area contributed by atoms with Crippen molar-refractivity contribution in [3.05, 3.63) is 64.1 Å². The van der Waals surface area contributed by atoms with Crippen LogP contribution in [0, 0.1) is 11.6 Å². The zero-order valence-electron chi connectivity index (χ0n) is 8.74. The Morgan fingerprint density at radius 1 is 1.24 bits per heavy atom. The van der Waals surface area contributed by atoms with Crippen molar-refractivity contribution in [1.29, 1.82) is 0 Å². The summed E-state index contributed by atoms with van der Waals surface area (Å²) in [6, 6.07) is 6.25. The molecule has 0 radical (unpaired) electrons. The number of aromatic amines is 1. The molecule has 0 fully saturated rings. The minimum Gasteiger partial charge on any atom is -0.483 e. The Kier molecular flexibility index (Phi) is 3.18. The van der Waals surface area contributed by atoms with Gasteiger partial charge in [0.25, 0.3) is 5.56 Å². The van der Waals surface area contributed by atoms with Crippen molar-refractivity contribution in [1.82, 2.24) is 4.98 Å². The normalized spacial score (nSPS) is 10.2. The van der Waals surface area contributed by atoms with Crippen molar-refractivity contribution in [3.8, 4) is 5.75 Å². The van der Waals surface area contributed by atoms with E-state index in [4.69, 9.17) is 4.74 Å².